The number of hydrogen-bond acceptors (Lipinski definition) is 5. The number of thiol groups is 1. The maximum absolute atomic E-state index is 14.6. The maximum Gasteiger partial charge on any atom is 0.157 e. The van der Waals surface area contributed by atoms with E-state index in [1.54, 1.807) is 22.9 Å². The molecule has 154 valence electrons. The van der Waals surface area contributed by atoms with Crippen LogP contribution in [-0.2, 0) is 11.3 Å². The van der Waals surface area contributed by atoms with E-state index in [0.29, 0.717) is 25.2 Å². The molecule has 2 fully saturated rings. The van der Waals surface area contributed by atoms with Gasteiger partial charge in [-0.2, -0.15) is 17.7 Å². The minimum absolute atomic E-state index is 0.0360. The Morgan fingerprint density at radius 2 is 2.10 bits per heavy atom. The number of Topliss-reactive ketones (excluding diaryl/α,β-unsaturated/α-hetero) is 1. The third-order valence-corrected chi connectivity index (χ3v) is 6.23. The molecular weight excluding hydrogens is 389 g/mol. The topological polar surface area (TPSA) is 58.4 Å². The Hall–Kier alpha value is -1.96. The third-order valence-electron chi connectivity index (χ3n) is 5.64. The number of ketones is 1. The van der Waals surface area contributed by atoms with Gasteiger partial charge in [0.2, 0.25) is 0 Å². The van der Waals surface area contributed by atoms with Gasteiger partial charge in [-0.15, -0.1) is 0 Å². The summed E-state index contributed by atoms with van der Waals surface area (Å²) in [6.07, 6.45) is 6.41. The van der Waals surface area contributed by atoms with Crippen LogP contribution in [0.1, 0.15) is 36.6 Å². The van der Waals surface area contributed by atoms with Crippen molar-refractivity contribution in [3.05, 3.63) is 59.2 Å². The van der Waals surface area contributed by atoms with Crippen LogP contribution in [0, 0.1) is 11.7 Å². The number of aliphatic hydroxyl groups excluding tert-OH is 1. The first-order valence-corrected chi connectivity index (χ1v) is 10.6. The van der Waals surface area contributed by atoms with Crippen molar-refractivity contribution in [2.75, 3.05) is 19.7 Å². The normalized spacial score (nSPS) is 22.7. The summed E-state index contributed by atoms with van der Waals surface area (Å²) < 4.78 is 16.3. The lowest BCUT2D eigenvalue weighted by atomic mass is 9.93. The molecule has 29 heavy (non-hydrogen) atoms. The number of carbonyl (C=O) groups is 1. The van der Waals surface area contributed by atoms with Crippen molar-refractivity contribution in [1.82, 2.24) is 14.7 Å². The monoisotopic (exact) mass is 415 g/mol. The van der Waals surface area contributed by atoms with Crippen molar-refractivity contribution >= 4 is 24.5 Å². The molecular formula is C22H26FN3O2S. The molecule has 1 saturated carbocycles. The van der Waals surface area contributed by atoms with Gasteiger partial charge in [0.15, 0.2) is 5.78 Å². The van der Waals surface area contributed by atoms with E-state index in [4.69, 9.17) is 17.7 Å². The van der Waals surface area contributed by atoms with Crippen molar-refractivity contribution in [1.29, 1.82) is 0 Å². The highest BCUT2D eigenvalue weighted by Crippen LogP contribution is 2.39. The highest BCUT2D eigenvalue weighted by atomic mass is 32.1. The molecule has 1 aliphatic heterocycles. The first-order chi connectivity index (χ1) is 14.1. The Labute approximate surface area is 175 Å². The Bertz CT molecular complexity index is 909. The molecule has 4 rings (SSSR count). The average molecular weight is 416 g/mol. The maximum atomic E-state index is 14.6. The minimum atomic E-state index is -0.556. The van der Waals surface area contributed by atoms with Crippen molar-refractivity contribution in [3.63, 3.8) is 0 Å². The molecule has 1 aliphatic carbocycles. The molecule has 0 spiro atoms. The fraction of sp³-hybridized carbons (Fsp3) is 0.455. The van der Waals surface area contributed by atoms with Crippen molar-refractivity contribution < 1.29 is 14.3 Å². The number of carbonyl (C=O) groups excluding carboxylic acids is 1. The quantitative estimate of drug-likeness (QED) is 0.683. The molecule has 1 N–H and O–H groups in total. The fourth-order valence-electron chi connectivity index (χ4n) is 3.94. The zero-order chi connectivity index (χ0) is 20.4. The summed E-state index contributed by atoms with van der Waals surface area (Å²) in [5.41, 5.74) is 2.33. The molecule has 2 unspecified atom stereocenters. The van der Waals surface area contributed by atoms with E-state index in [-0.39, 0.29) is 29.4 Å². The van der Waals surface area contributed by atoms with Gasteiger partial charge in [-0.05, 0) is 43.0 Å². The molecule has 7 heteroatoms. The van der Waals surface area contributed by atoms with Crippen molar-refractivity contribution in [2.24, 2.45) is 5.92 Å². The van der Waals surface area contributed by atoms with Crippen LogP contribution < -0.4 is 0 Å². The van der Waals surface area contributed by atoms with E-state index in [2.05, 4.69) is 10.00 Å². The van der Waals surface area contributed by atoms with E-state index in [1.807, 2.05) is 18.3 Å². The Balaban J connectivity index is 1.60. The third kappa shape index (κ3) is 4.63. The number of piperidine rings is 1. The lowest BCUT2D eigenvalue weighted by Gasteiger charge is -2.37. The van der Waals surface area contributed by atoms with Gasteiger partial charge in [-0.1, -0.05) is 18.2 Å². The number of hydrogen-bond donors (Lipinski definition) is 2. The van der Waals surface area contributed by atoms with Crippen LogP contribution >= 0.6 is 12.6 Å². The van der Waals surface area contributed by atoms with Gasteiger partial charge in [0.1, 0.15) is 5.82 Å². The summed E-state index contributed by atoms with van der Waals surface area (Å²) in [5.74, 6) is -0.151. The summed E-state index contributed by atoms with van der Waals surface area (Å²) in [5, 5.41) is 13.6. The fourth-order valence-corrected chi connectivity index (χ4v) is 4.22. The molecule has 2 aromatic rings. The lowest BCUT2D eigenvalue weighted by molar-refractivity contribution is -0.126. The second-order valence-electron chi connectivity index (χ2n) is 7.82. The van der Waals surface area contributed by atoms with Gasteiger partial charge in [-0.3, -0.25) is 14.4 Å². The van der Waals surface area contributed by atoms with Gasteiger partial charge in [0.25, 0.3) is 0 Å². The molecule has 0 amide bonds. The summed E-state index contributed by atoms with van der Waals surface area (Å²) in [6, 6.07) is 7.95. The molecule has 2 heterocycles. The van der Waals surface area contributed by atoms with Crippen LogP contribution in [0.2, 0.25) is 0 Å². The molecule has 0 bridgehead atoms. The molecule has 1 aromatic carbocycles. The van der Waals surface area contributed by atoms with Crippen LogP contribution in [0.4, 0.5) is 4.39 Å². The van der Waals surface area contributed by atoms with E-state index < -0.39 is 6.04 Å². The Morgan fingerprint density at radius 3 is 2.83 bits per heavy atom. The zero-order valence-electron chi connectivity index (χ0n) is 16.2. The number of likely N-dealkylation sites (tertiary alicyclic amines) is 1. The summed E-state index contributed by atoms with van der Waals surface area (Å²) in [4.78, 5) is 15.2. The second kappa shape index (κ2) is 8.81. The van der Waals surface area contributed by atoms with Crippen molar-refractivity contribution in [2.45, 2.75) is 37.1 Å². The first kappa shape index (κ1) is 20.3. The number of nitrogens with zero attached hydrogens (tertiary/aromatic N) is 3. The highest BCUT2D eigenvalue weighted by Gasteiger charge is 2.40. The SMILES string of the molecule is O=C(C1CC1)C(c1ccccc1F)N1CCC(S)/C(=C/c2ccn(CCO)n2)C1. The number of halogens is 1. The predicted octanol–water partition coefficient (Wildman–Crippen LogP) is 3.12. The van der Waals surface area contributed by atoms with Crippen LogP contribution in [0.25, 0.3) is 6.08 Å². The van der Waals surface area contributed by atoms with Gasteiger partial charge in [0.05, 0.1) is 24.9 Å². The average Bonchev–Trinajstić information content (AvgIpc) is 3.47. The van der Waals surface area contributed by atoms with E-state index in [0.717, 1.165) is 30.5 Å². The van der Waals surface area contributed by atoms with E-state index in [9.17, 15) is 9.18 Å². The zero-order valence-corrected chi connectivity index (χ0v) is 17.1. The number of rotatable bonds is 7. The molecule has 0 radical (unpaired) electrons. The number of benzene rings is 1. The predicted molar refractivity (Wildman–Crippen MR) is 113 cm³/mol. The lowest BCUT2D eigenvalue weighted by Crippen LogP contribution is -2.42. The van der Waals surface area contributed by atoms with Crippen molar-refractivity contribution in [3.8, 4) is 0 Å². The standard InChI is InChI=1S/C22H26FN3O2S/c23-19-4-2-1-3-18(19)21(22(28)15-5-6-15)25-9-8-20(29)16(14-25)13-17-7-10-26(24-17)11-12-27/h1-4,7,10,13,15,20-21,27,29H,5-6,8-9,11-12,14H2/b16-13+. The number of aromatic nitrogens is 2. The summed E-state index contributed by atoms with van der Waals surface area (Å²) >= 11 is 4.73. The van der Waals surface area contributed by atoms with Gasteiger partial charge >= 0.3 is 0 Å². The molecule has 1 aromatic heterocycles. The Morgan fingerprint density at radius 1 is 1.31 bits per heavy atom. The van der Waals surface area contributed by atoms with Crippen LogP contribution in [0.5, 0.6) is 0 Å². The van der Waals surface area contributed by atoms with Crippen LogP contribution in [-0.4, -0.2) is 50.5 Å². The minimum Gasteiger partial charge on any atom is -0.394 e. The molecule has 2 atom stereocenters. The Kier molecular flexibility index (Phi) is 6.18. The molecule has 2 aliphatic rings. The van der Waals surface area contributed by atoms with Gasteiger partial charge in [-0.25, -0.2) is 4.39 Å². The summed E-state index contributed by atoms with van der Waals surface area (Å²) in [6.45, 7) is 1.74. The second-order valence-corrected chi connectivity index (χ2v) is 8.45. The van der Waals surface area contributed by atoms with Gasteiger partial charge < -0.3 is 5.11 Å². The molecule has 5 nitrogen and oxygen atoms in total. The summed E-state index contributed by atoms with van der Waals surface area (Å²) in [7, 11) is 0. The number of aliphatic hydroxyl groups is 1. The molecule has 1 saturated heterocycles. The van der Waals surface area contributed by atoms with E-state index >= 15 is 0 Å². The van der Waals surface area contributed by atoms with Gasteiger partial charge in [0, 0.05) is 36.0 Å². The smallest absolute Gasteiger partial charge is 0.157 e. The highest BCUT2D eigenvalue weighted by molar-refractivity contribution is 7.81. The van der Waals surface area contributed by atoms with E-state index in [1.165, 1.54) is 6.07 Å². The first-order valence-electron chi connectivity index (χ1n) is 10.1. The largest absolute Gasteiger partial charge is 0.394 e. The van der Waals surface area contributed by atoms with Crippen LogP contribution in [0.3, 0.4) is 0 Å². The van der Waals surface area contributed by atoms with Crippen LogP contribution in [0.15, 0.2) is 42.1 Å².